The molecule has 1 rings (SSSR count). The molecular formula is C7H8AlCl3O. The summed E-state index contributed by atoms with van der Waals surface area (Å²) >= 11 is -1.72. The van der Waals surface area contributed by atoms with E-state index in [0.29, 0.717) is 0 Å². The van der Waals surface area contributed by atoms with Crippen LogP contribution in [0.3, 0.4) is 0 Å². The van der Waals surface area contributed by atoms with Crippen molar-refractivity contribution in [2.24, 2.45) is 0 Å². The summed E-state index contributed by atoms with van der Waals surface area (Å²) in [4.78, 5) is 0. The first kappa shape index (κ1) is 12.4. The maximum Gasteiger partial charge on any atom is 0.643 e. The number of para-hydroxylation sites is 1. The fourth-order valence-electron chi connectivity index (χ4n) is 0.557. The minimum atomic E-state index is -1.72. The molecule has 1 nitrogen and oxygen atoms in total. The Kier molecular flexibility index (Phi) is 8.32. The lowest BCUT2D eigenvalue weighted by Gasteiger charge is -1.93. The number of hydrogen-bond acceptors (Lipinski definition) is 1. The van der Waals surface area contributed by atoms with Gasteiger partial charge in [-0.2, -0.15) is 0 Å². The Morgan fingerprint density at radius 2 is 1.50 bits per heavy atom. The van der Waals surface area contributed by atoms with Crippen LogP contribution in [-0.2, 0) is 0 Å². The summed E-state index contributed by atoms with van der Waals surface area (Å²) in [6.45, 7) is 0. The number of benzene rings is 1. The molecule has 0 spiro atoms. The molecule has 12 heavy (non-hydrogen) atoms. The molecule has 0 aliphatic rings. The third kappa shape index (κ3) is 8.52. The van der Waals surface area contributed by atoms with Crippen LogP contribution < -0.4 is 4.74 Å². The van der Waals surface area contributed by atoms with Crippen LogP contribution in [0.2, 0.25) is 0 Å². The van der Waals surface area contributed by atoms with E-state index in [9.17, 15) is 0 Å². The molecule has 0 aliphatic heterocycles. The van der Waals surface area contributed by atoms with Crippen LogP contribution in [0.25, 0.3) is 0 Å². The Bertz CT molecular complexity index is 190. The molecule has 5 heteroatoms. The summed E-state index contributed by atoms with van der Waals surface area (Å²) in [5, 5.41) is 0. The molecule has 0 N–H and O–H groups in total. The van der Waals surface area contributed by atoms with Gasteiger partial charge in [-0.3, -0.25) is 0 Å². The highest BCUT2D eigenvalue weighted by Gasteiger charge is 2.00. The Hall–Kier alpha value is 0.422. The predicted molar refractivity (Wildman–Crippen MR) is 56.3 cm³/mol. The van der Waals surface area contributed by atoms with Gasteiger partial charge in [-0.25, -0.2) is 30.1 Å². The summed E-state index contributed by atoms with van der Waals surface area (Å²) in [7, 11) is 16.5. The van der Waals surface area contributed by atoms with Crippen molar-refractivity contribution in [1.82, 2.24) is 0 Å². The third-order valence-electron chi connectivity index (χ3n) is 0.979. The van der Waals surface area contributed by atoms with Gasteiger partial charge in [0.25, 0.3) is 0 Å². The SMILES string of the molecule is COc1ccccc1.[Cl][Al]([Cl])[Cl]. The highest BCUT2D eigenvalue weighted by molar-refractivity contribution is 7.54. The fraction of sp³-hybridized carbons (Fsp3) is 0.143. The quantitative estimate of drug-likeness (QED) is 0.685. The van der Waals surface area contributed by atoms with Crippen molar-refractivity contribution in [3.05, 3.63) is 30.3 Å². The Labute approximate surface area is 89.2 Å². The van der Waals surface area contributed by atoms with E-state index >= 15 is 0 Å². The summed E-state index contributed by atoms with van der Waals surface area (Å²) in [5.74, 6) is 0.910. The number of methoxy groups -OCH3 is 1. The molecule has 0 radical (unpaired) electrons. The van der Waals surface area contributed by atoms with E-state index in [-0.39, 0.29) is 0 Å². The molecule has 0 unspecified atom stereocenters. The molecule has 66 valence electrons. The van der Waals surface area contributed by atoms with Crippen LogP contribution in [0, 0.1) is 0 Å². The zero-order chi connectivity index (χ0) is 9.40. The topological polar surface area (TPSA) is 9.23 Å². The van der Waals surface area contributed by atoms with Crippen molar-refractivity contribution in [2.45, 2.75) is 0 Å². The van der Waals surface area contributed by atoms with Crippen molar-refractivity contribution < 1.29 is 4.74 Å². The van der Waals surface area contributed by atoms with E-state index in [2.05, 4.69) is 0 Å². The summed E-state index contributed by atoms with van der Waals surface area (Å²) in [6.07, 6.45) is 0. The maximum atomic E-state index is 4.94. The number of rotatable bonds is 1. The molecule has 0 aromatic heterocycles. The largest absolute Gasteiger partial charge is 0.643 e. The van der Waals surface area contributed by atoms with Crippen molar-refractivity contribution in [1.29, 1.82) is 0 Å². The molecule has 0 heterocycles. The van der Waals surface area contributed by atoms with E-state index in [4.69, 9.17) is 34.9 Å². The summed E-state index contributed by atoms with van der Waals surface area (Å²) in [6, 6.07) is 9.68. The first-order valence-corrected chi connectivity index (χ1v) is 8.41. The van der Waals surface area contributed by atoms with Gasteiger partial charge in [0.1, 0.15) is 5.75 Å². The molecule has 1 aromatic carbocycles. The minimum absolute atomic E-state index is 0.910. The number of halogens is 3. The normalized spacial score (nSPS) is 8.00. The van der Waals surface area contributed by atoms with Crippen molar-refractivity contribution in [2.75, 3.05) is 7.11 Å². The van der Waals surface area contributed by atoms with Gasteiger partial charge in [0.2, 0.25) is 0 Å². The lowest BCUT2D eigenvalue weighted by atomic mass is 10.3. The Morgan fingerprint density at radius 3 is 1.75 bits per heavy atom. The smallest absolute Gasteiger partial charge is 0.497 e. The minimum Gasteiger partial charge on any atom is -0.497 e. The monoisotopic (exact) mass is 240 g/mol. The zero-order valence-corrected chi connectivity index (χ0v) is 9.93. The lowest BCUT2D eigenvalue weighted by molar-refractivity contribution is 0.415. The maximum absolute atomic E-state index is 4.94. The standard InChI is InChI=1S/C7H8O.Al.3ClH/c1-8-7-5-3-2-4-6-7;;;;/h2-6H,1H3;;3*1H/q;+3;;;/p-3. The molecule has 0 aliphatic carbocycles. The van der Waals surface area contributed by atoms with Gasteiger partial charge in [-0.1, -0.05) is 18.2 Å². The van der Waals surface area contributed by atoms with Crippen LogP contribution in [0.4, 0.5) is 0 Å². The van der Waals surface area contributed by atoms with Gasteiger partial charge in [-0.05, 0) is 12.1 Å². The molecular weight excluding hydrogens is 233 g/mol. The second-order valence-electron chi connectivity index (χ2n) is 1.76. The zero-order valence-electron chi connectivity index (χ0n) is 6.51. The second kappa shape index (κ2) is 8.04. The average molecular weight is 241 g/mol. The highest BCUT2D eigenvalue weighted by atomic mass is 35.8. The summed E-state index contributed by atoms with van der Waals surface area (Å²) < 4.78 is 4.91. The van der Waals surface area contributed by atoms with E-state index in [1.807, 2.05) is 30.3 Å². The molecule has 0 bridgehead atoms. The Morgan fingerprint density at radius 1 is 1.08 bits per heavy atom. The van der Waals surface area contributed by atoms with E-state index in [0.717, 1.165) is 5.75 Å². The number of hydrogen-bond donors (Lipinski definition) is 0. The van der Waals surface area contributed by atoms with Crippen LogP contribution in [0.1, 0.15) is 0 Å². The first-order valence-electron chi connectivity index (χ1n) is 3.18. The van der Waals surface area contributed by atoms with Gasteiger partial charge >= 0.3 is 11.4 Å². The molecule has 0 saturated heterocycles. The van der Waals surface area contributed by atoms with Gasteiger partial charge in [0.15, 0.2) is 0 Å². The van der Waals surface area contributed by atoms with Crippen molar-refractivity contribution >= 4 is 41.5 Å². The molecule has 0 amide bonds. The van der Waals surface area contributed by atoms with Crippen LogP contribution in [0.15, 0.2) is 30.3 Å². The molecule has 0 fully saturated rings. The fourth-order valence-corrected chi connectivity index (χ4v) is 0.557. The van der Waals surface area contributed by atoms with Crippen LogP contribution in [-0.4, -0.2) is 18.5 Å². The van der Waals surface area contributed by atoms with E-state index in [1.165, 1.54) is 0 Å². The Balaban J connectivity index is 0.000000261. The third-order valence-corrected chi connectivity index (χ3v) is 0.979. The van der Waals surface area contributed by atoms with Gasteiger partial charge in [0.05, 0.1) is 7.11 Å². The molecule has 0 saturated carbocycles. The van der Waals surface area contributed by atoms with Crippen molar-refractivity contribution in [3.8, 4) is 5.75 Å². The first-order chi connectivity index (χ1) is 5.66. The second-order valence-corrected chi connectivity index (χ2v) is 8.20. The summed E-state index contributed by atoms with van der Waals surface area (Å²) in [5.41, 5.74) is 0. The predicted octanol–water partition coefficient (Wildman–Crippen LogP) is 3.38. The molecule has 1 aromatic rings. The van der Waals surface area contributed by atoms with Gasteiger partial charge in [-0.15, -0.1) is 0 Å². The van der Waals surface area contributed by atoms with Crippen LogP contribution in [0.5, 0.6) is 5.75 Å². The lowest BCUT2D eigenvalue weighted by Crippen LogP contribution is -1.78. The van der Waals surface area contributed by atoms with Crippen LogP contribution >= 0.6 is 30.1 Å². The van der Waals surface area contributed by atoms with E-state index in [1.54, 1.807) is 7.11 Å². The van der Waals surface area contributed by atoms with E-state index < -0.39 is 11.4 Å². The average Bonchev–Trinajstić information content (AvgIpc) is 2.05. The van der Waals surface area contributed by atoms with Gasteiger partial charge in [0, 0.05) is 0 Å². The van der Waals surface area contributed by atoms with Gasteiger partial charge < -0.3 is 4.74 Å². The highest BCUT2D eigenvalue weighted by Crippen LogP contribution is 2.05. The number of ether oxygens (including phenoxy) is 1. The molecule has 0 atom stereocenters. The van der Waals surface area contributed by atoms with Crippen molar-refractivity contribution in [3.63, 3.8) is 0 Å².